The van der Waals surface area contributed by atoms with Crippen LogP contribution in [0.5, 0.6) is 0 Å². The minimum atomic E-state index is -0.489. The van der Waals surface area contributed by atoms with Crippen LogP contribution >= 0.6 is 11.6 Å². The molecule has 0 aliphatic heterocycles. The van der Waals surface area contributed by atoms with E-state index in [0.29, 0.717) is 21.9 Å². The number of benzene rings is 1. The molecule has 1 aromatic carbocycles. The predicted molar refractivity (Wildman–Crippen MR) is 132 cm³/mol. The summed E-state index contributed by atoms with van der Waals surface area (Å²) in [5.41, 5.74) is 4.54. The second kappa shape index (κ2) is 8.35. The lowest BCUT2D eigenvalue weighted by Gasteiger charge is -2.13. The number of nitrogens with zero attached hydrogens (tertiary/aromatic N) is 4. The number of esters is 1. The zero-order valence-electron chi connectivity index (χ0n) is 18.7. The Morgan fingerprint density at radius 1 is 1.03 bits per heavy atom. The van der Waals surface area contributed by atoms with Gasteiger partial charge in [0.25, 0.3) is 5.56 Å². The summed E-state index contributed by atoms with van der Waals surface area (Å²) in [4.78, 5) is 37.5. The van der Waals surface area contributed by atoms with E-state index < -0.39 is 5.97 Å². The summed E-state index contributed by atoms with van der Waals surface area (Å²) in [5, 5.41) is 2.99. The van der Waals surface area contributed by atoms with Gasteiger partial charge < -0.3 is 9.30 Å². The Morgan fingerprint density at radius 2 is 1.85 bits per heavy atom. The van der Waals surface area contributed by atoms with Crippen LogP contribution in [-0.2, 0) is 11.8 Å². The Kier molecular flexibility index (Phi) is 5.34. The summed E-state index contributed by atoms with van der Waals surface area (Å²) in [5.74, 6) is -0.489. The van der Waals surface area contributed by atoms with E-state index in [4.69, 9.17) is 16.3 Å². The molecule has 0 aliphatic carbocycles. The van der Waals surface area contributed by atoms with Crippen molar-refractivity contribution in [2.24, 2.45) is 7.05 Å². The van der Waals surface area contributed by atoms with E-state index in [-0.39, 0.29) is 11.3 Å². The first-order chi connectivity index (χ1) is 16.4. The van der Waals surface area contributed by atoms with Gasteiger partial charge in [-0.1, -0.05) is 29.8 Å². The van der Waals surface area contributed by atoms with E-state index in [1.165, 1.54) is 7.11 Å². The summed E-state index contributed by atoms with van der Waals surface area (Å²) in [7, 11) is 3.05. The fraction of sp³-hybridized carbons (Fsp3) is 0.115. The van der Waals surface area contributed by atoms with Crippen LogP contribution in [0.4, 0.5) is 0 Å². The number of halogens is 1. The maximum atomic E-state index is 12.5. The van der Waals surface area contributed by atoms with Gasteiger partial charge in [0.1, 0.15) is 10.8 Å². The van der Waals surface area contributed by atoms with Gasteiger partial charge in [-0.25, -0.2) is 14.8 Å². The first kappa shape index (κ1) is 21.7. The third-order valence-corrected chi connectivity index (χ3v) is 6.04. The quantitative estimate of drug-likeness (QED) is 0.273. The summed E-state index contributed by atoms with van der Waals surface area (Å²) < 4.78 is 6.30. The lowest BCUT2D eigenvalue weighted by molar-refractivity contribution is 0.0594. The zero-order valence-corrected chi connectivity index (χ0v) is 19.4. The first-order valence-corrected chi connectivity index (χ1v) is 10.9. The van der Waals surface area contributed by atoms with Crippen LogP contribution in [0, 0.1) is 6.92 Å². The lowest BCUT2D eigenvalue weighted by atomic mass is 9.99. The number of pyridine rings is 4. The minimum Gasteiger partial charge on any atom is -0.464 e. The molecule has 0 saturated carbocycles. The molecule has 8 heteroatoms. The van der Waals surface area contributed by atoms with Crippen LogP contribution in [0.25, 0.3) is 44.2 Å². The maximum absolute atomic E-state index is 12.5. The molecule has 0 saturated heterocycles. The molecule has 0 bridgehead atoms. The Balaban J connectivity index is 1.68. The van der Waals surface area contributed by atoms with Crippen LogP contribution in [0.15, 0.2) is 65.7 Å². The second-order valence-corrected chi connectivity index (χ2v) is 8.33. The molecule has 0 radical (unpaired) electrons. The maximum Gasteiger partial charge on any atom is 0.356 e. The van der Waals surface area contributed by atoms with E-state index in [0.717, 1.165) is 33.0 Å². The van der Waals surface area contributed by atoms with Crippen molar-refractivity contribution in [2.75, 3.05) is 7.11 Å². The van der Waals surface area contributed by atoms with Crippen LogP contribution in [0.3, 0.4) is 0 Å². The van der Waals surface area contributed by atoms with Gasteiger partial charge in [-0.2, -0.15) is 0 Å². The third-order valence-electron chi connectivity index (χ3n) is 5.84. The van der Waals surface area contributed by atoms with Gasteiger partial charge in [0.05, 0.1) is 24.0 Å². The van der Waals surface area contributed by atoms with Crippen molar-refractivity contribution >= 4 is 39.2 Å². The van der Waals surface area contributed by atoms with Gasteiger partial charge in [-0.05, 0) is 42.6 Å². The Hall–Kier alpha value is -4.10. The predicted octanol–water partition coefficient (Wildman–Crippen LogP) is 4.96. The van der Waals surface area contributed by atoms with Crippen molar-refractivity contribution in [3.8, 4) is 22.5 Å². The smallest absolute Gasteiger partial charge is 0.356 e. The Labute approximate surface area is 199 Å². The monoisotopic (exact) mass is 470 g/mol. The van der Waals surface area contributed by atoms with E-state index in [2.05, 4.69) is 15.0 Å². The molecule has 0 fully saturated rings. The number of hydrogen-bond donors (Lipinski definition) is 0. The molecule has 5 aromatic rings. The largest absolute Gasteiger partial charge is 0.464 e. The number of hydrogen-bond acceptors (Lipinski definition) is 6. The first-order valence-electron chi connectivity index (χ1n) is 10.5. The van der Waals surface area contributed by atoms with Crippen LogP contribution in [-0.4, -0.2) is 32.6 Å². The number of aryl methyl sites for hydroxylation is 2. The van der Waals surface area contributed by atoms with Crippen LogP contribution in [0.1, 0.15) is 16.1 Å². The summed E-state index contributed by atoms with van der Waals surface area (Å²) in [6.07, 6.45) is 3.39. The second-order valence-electron chi connectivity index (χ2n) is 7.94. The van der Waals surface area contributed by atoms with Crippen molar-refractivity contribution in [1.82, 2.24) is 19.5 Å². The van der Waals surface area contributed by atoms with E-state index in [1.807, 2.05) is 30.3 Å². The normalized spacial score (nSPS) is 11.2. The average molecular weight is 471 g/mol. The van der Waals surface area contributed by atoms with Crippen molar-refractivity contribution in [2.45, 2.75) is 6.92 Å². The molecule has 0 aliphatic rings. The summed E-state index contributed by atoms with van der Waals surface area (Å²) in [6.45, 7) is 1.79. The number of ether oxygens (including phenoxy) is 1. The van der Waals surface area contributed by atoms with Gasteiger partial charge in [0.2, 0.25) is 0 Å². The van der Waals surface area contributed by atoms with Crippen molar-refractivity contribution in [1.29, 1.82) is 0 Å². The highest BCUT2D eigenvalue weighted by atomic mass is 35.5. The highest BCUT2D eigenvalue weighted by Crippen LogP contribution is 2.34. The van der Waals surface area contributed by atoms with Crippen molar-refractivity contribution in [3.63, 3.8) is 0 Å². The van der Waals surface area contributed by atoms with E-state index >= 15 is 0 Å². The molecule has 0 amide bonds. The van der Waals surface area contributed by atoms with Gasteiger partial charge in [0, 0.05) is 46.9 Å². The molecule has 4 heterocycles. The summed E-state index contributed by atoms with van der Waals surface area (Å²) >= 11 is 6.36. The third kappa shape index (κ3) is 3.60. The van der Waals surface area contributed by atoms with Gasteiger partial charge in [-0.3, -0.25) is 9.78 Å². The number of carbonyl (C=O) groups is 1. The Morgan fingerprint density at radius 3 is 2.59 bits per heavy atom. The standard InChI is InChI=1S/C26H19ClN4O3/c1-14-9-18-22(31(2)25(14)32)11-23(27)30-24(18)17-6-4-5-15-10-21(29-13-19(15)17)16-7-8-20(28-12-16)26(33)34-3/h4-13H,1-3H3. The molecular formula is C26H19ClN4O3. The number of fused-ring (bicyclic) bond motifs is 2. The average Bonchev–Trinajstić information content (AvgIpc) is 2.86. The Bertz CT molecular complexity index is 1660. The molecule has 7 nitrogen and oxygen atoms in total. The molecule has 0 spiro atoms. The van der Waals surface area contributed by atoms with E-state index in [1.54, 1.807) is 49.1 Å². The highest BCUT2D eigenvalue weighted by Gasteiger charge is 2.15. The van der Waals surface area contributed by atoms with E-state index in [9.17, 15) is 9.59 Å². The zero-order chi connectivity index (χ0) is 24.0. The van der Waals surface area contributed by atoms with Gasteiger partial charge >= 0.3 is 5.97 Å². The highest BCUT2D eigenvalue weighted by molar-refractivity contribution is 6.30. The molecule has 168 valence electrons. The molecule has 0 unspecified atom stereocenters. The number of aromatic nitrogens is 4. The fourth-order valence-electron chi connectivity index (χ4n) is 4.10. The SMILES string of the molecule is COC(=O)c1ccc(-c2cc3cccc(-c4nc(Cl)cc5c4cc(C)c(=O)n5C)c3cn2)cn1. The minimum absolute atomic E-state index is 0.0724. The number of rotatable bonds is 3. The van der Waals surface area contributed by atoms with Crippen molar-refractivity contribution < 1.29 is 9.53 Å². The molecule has 5 rings (SSSR count). The molecule has 0 N–H and O–H groups in total. The number of methoxy groups -OCH3 is 1. The molecular weight excluding hydrogens is 452 g/mol. The lowest BCUT2D eigenvalue weighted by Crippen LogP contribution is -2.19. The van der Waals surface area contributed by atoms with Gasteiger partial charge in [0.15, 0.2) is 0 Å². The van der Waals surface area contributed by atoms with Crippen LogP contribution < -0.4 is 5.56 Å². The molecule has 34 heavy (non-hydrogen) atoms. The summed E-state index contributed by atoms with van der Waals surface area (Å²) in [6, 6.07) is 14.8. The van der Waals surface area contributed by atoms with Gasteiger partial charge in [-0.15, -0.1) is 0 Å². The molecule has 4 aromatic heterocycles. The molecule has 0 atom stereocenters. The fourth-order valence-corrected chi connectivity index (χ4v) is 4.28. The topological polar surface area (TPSA) is 87.0 Å². The van der Waals surface area contributed by atoms with Crippen molar-refractivity contribution in [3.05, 3.63) is 87.7 Å². The number of carbonyl (C=O) groups excluding carboxylic acids is 1. The van der Waals surface area contributed by atoms with Crippen LogP contribution in [0.2, 0.25) is 5.15 Å².